The van der Waals surface area contributed by atoms with Gasteiger partial charge in [0, 0.05) is 36.8 Å². The summed E-state index contributed by atoms with van der Waals surface area (Å²) in [6.45, 7) is 2.52. The Balaban J connectivity index is 1.21. The molecule has 0 aliphatic carbocycles. The molecule has 4 heterocycles. The van der Waals surface area contributed by atoms with Crippen molar-refractivity contribution in [1.82, 2.24) is 14.0 Å². The number of carboxylic acids is 2. The first-order valence-corrected chi connectivity index (χ1v) is 19.7. The molecule has 0 amide bonds. The number of nitrogens with zero attached hydrogens (tertiary/aromatic N) is 3. The highest BCUT2D eigenvalue weighted by Crippen LogP contribution is 2.37. The summed E-state index contributed by atoms with van der Waals surface area (Å²) < 4.78 is 56.5. The fourth-order valence-electron chi connectivity index (χ4n) is 5.55. The molecule has 4 rings (SSSR count). The Morgan fingerprint density at radius 2 is 1.59 bits per heavy atom. The molecule has 0 bridgehead atoms. The van der Waals surface area contributed by atoms with E-state index in [2.05, 4.69) is 41.7 Å². The van der Waals surface area contributed by atoms with Crippen LogP contribution in [0.3, 0.4) is 0 Å². The number of carbonyl (C=O) groups is 2. The maximum atomic E-state index is 13.0. The van der Waals surface area contributed by atoms with Gasteiger partial charge in [-0.15, -0.1) is 11.3 Å². The molecule has 0 radical (unpaired) electrons. The lowest BCUT2D eigenvalue weighted by Gasteiger charge is -2.34. The van der Waals surface area contributed by atoms with E-state index >= 15 is 0 Å². The van der Waals surface area contributed by atoms with Gasteiger partial charge in [0.25, 0.3) is 10.0 Å². The minimum absolute atomic E-state index is 0.265. The van der Waals surface area contributed by atoms with E-state index < -0.39 is 44.4 Å². The summed E-state index contributed by atoms with van der Waals surface area (Å²) in [6.07, 6.45) is 7.08. The first-order chi connectivity index (χ1) is 20.7. The Morgan fingerprint density at radius 1 is 1.00 bits per heavy atom. The van der Waals surface area contributed by atoms with Crippen LogP contribution < -0.4 is 9.62 Å². The van der Waals surface area contributed by atoms with Gasteiger partial charge >= 0.3 is 11.9 Å². The summed E-state index contributed by atoms with van der Waals surface area (Å²) in [5.41, 5.74) is 0. The lowest BCUT2D eigenvalue weighted by Crippen LogP contribution is -2.42. The molecule has 3 N–H and O–H groups in total. The first-order valence-electron chi connectivity index (χ1n) is 14.0. The third-order valence-corrected chi connectivity index (χ3v) is 14.9. The number of aromatic nitrogens is 1. The van der Waals surface area contributed by atoms with E-state index in [9.17, 15) is 31.5 Å². The molecule has 2 aliphatic rings. The number of nitrogens with one attached hydrogen (secondary N) is 1. The molecule has 18 heteroatoms. The molecule has 2 saturated heterocycles. The van der Waals surface area contributed by atoms with Gasteiger partial charge in [-0.05, 0) is 81.5 Å². The normalized spacial score (nSPS) is 18.4. The number of pyridine rings is 1. The Morgan fingerprint density at radius 3 is 2.09 bits per heavy atom. The van der Waals surface area contributed by atoms with E-state index in [1.54, 1.807) is 10.4 Å². The molecular weight excluding hydrogens is 788 g/mol. The molecule has 12 nitrogen and oxygen atoms in total. The highest BCUT2D eigenvalue weighted by atomic mass is 79.9. The molecule has 2 aromatic heterocycles. The lowest BCUT2D eigenvalue weighted by atomic mass is 9.87. The number of thiophene rings is 1. The van der Waals surface area contributed by atoms with Crippen LogP contribution in [0.1, 0.15) is 51.4 Å². The van der Waals surface area contributed by atoms with Crippen LogP contribution in [0, 0.1) is 11.8 Å². The Kier molecular flexibility index (Phi) is 12.1. The van der Waals surface area contributed by atoms with E-state index in [0.29, 0.717) is 44.0 Å². The van der Waals surface area contributed by atoms with Crippen molar-refractivity contribution in [3.05, 3.63) is 31.6 Å². The minimum atomic E-state index is -4.32. The maximum absolute atomic E-state index is 13.0. The van der Waals surface area contributed by atoms with Gasteiger partial charge in [0.2, 0.25) is 10.0 Å². The van der Waals surface area contributed by atoms with E-state index in [-0.39, 0.29) is 9.10 Å². The third-order valence-electron chi connectivity index (χ3n) is 8.01. The summed E-state index contributed by atoms with van der Waals surface area (Å²) in [5, 5.41) is 18.1. The summed E-state index contributed by atoms with van der Waals surface area (Å²) in [7, 11) is -7.84. The molecule has 244 valence electrons. The quantitative estimate of drug-likeness (QED) is 0.249. The number of hydrogen-bond donors (Lipinski definition) is 3. The first kappa shape index (κ1) is 35.5. The van der Waals surface area contributed by atoms with E-state index in [1.807, 2.05) is 4.72 Å². The summed E-state index contributed by atoms with van der Waals surface area (Å²) in [4.78, 5) is 28.3. The van der Waals surface area contributed by atoms with Crippen molar-refractivity contribution in [2.24, 2.45) is 11.8 Å². The van der Waals surface area contributed by atoms with Gasteiger partial charge in [-0.25, -0.2) is 21.8 Å². The predicted molar refractivity (Wildman–Crippen MR) is 173 cm³/mol. The van der Waals surface area contributed by atoms with Crippen molar-refractivity contribution in [1.29, 1.82) is 0 Å². The maximum Gasteiger partial charge on any atom is 0.322 e. The monoisotopic (exact) mass is 818 g/mol. The van der Waals surface area contributed by atoms with Crippen LogP contribution in [-0.2, 0) is 29.6 Å². The van der Waals surface area contributed by atoms with Crippen molar-refractivity contribution in [2.45, 2.75) is 66.5 Å². The van der Waals surface area contributed by atoms with Gasteiger partial charge in [-0.3, -0.25) is 9.59 Å². The zero-order valence-corrected chi connectivity index (χ0v) is 29.9. The number of hydrogen-bond acceptors (Lipinski definition) is 9. The number of halogens is 3. The summed E-state index contributed by atoms with van der Waals surface area (Å²) >= 11 is 13.8. The highest BCUT2D eigenvalue weighted by Gasteiger charge is 2.32. The van der Waals surface area contributed by atoms with Gasteiger partial charge in [0.1, 0.15) is 25.3 Å². The second-order valence-corrected chi connectivity index (χ2v) is 18.2. The predicted octanol–water partition coefficient (Wildman–Crippen LogP) is 5.02. The third kappa shape index (κ3) is 8.92. The lowest BCUT2D eigenvalue weighted by molar-refractivity contribution is -0.145. The van der Waals surface area contributed by atoms with Crippen LogP contribution in [0.4, 0.5) is 5.82 Å². The number of sulfonamides is 2. The zero-order chi connectivity index (χ0) is 32.2. The van der Waals surface area contributed by atoms with Crippen molar-refractivity contribution in [2.75, 3.05) is 31.1 Å². The molecule has 0 spiro atoms. The SMILES string of the molecule is O=C(O)CC(NS(=O)(=O)c1cnc(N2CCC(CCCC3CCN(S(=O)(=O)c4cc(Br)c(Cl)s4)CC3)CC2)c(Br)c1)C(=O)O. The van der Waals surface area contributed by atoms with Crippen molar-refractivity contribution >= 4 is 92.6 Å². The number of carboxylic acid groups (broad SMARTS) is 2. The van der Waals surface area contributed by atoms with Gasteiger partial charge in [0.05, 0.1) is 10.9 Å². The van der Waals surface area contributed by atoms with Crippen LogP contribution in [0.2, 0.25) is 4.34 Å². The average Bonchev–Trinajstić information content (AvgIpc) is 3.31. The second kappa shape index (κ2) is 15.0. The van der Waals surface area contributed by atoms with Crippen molar-refractivity contribution < 1.29 is 36.6 Å². The molecular formula is C26H33Br2ClN4O8S3. The van der Waals surface area contributed by atoms with Gasteiger partial charge < -0.3 is 15.1 Å². The number of aliphatic carboxylic acids is 2. The standard InChI is InChI=1S/C26H33Br2ClN4O8S3/c27-19-13-23(42-24(19)29)44(40,41)33-10-6-17(7-11-33)3-1-2-16-4-8-32(9-5-16)25-20(28)12-18(15-30-25)43(38,39)31-21(26(36)37)14-22(34)35/h12-13,15-17,21,31H,1-11,14H2,(H,34,35)(H,36,37). The molecule has 2 aliphatic heterocycles. The van der Waals surface area contributed by atoms with Crippen LogP contribution in [0.15, 0.2) is 36.4 Å². The topological polar surface area (TPSA) is 174 Å². The summed E-state index contributed by atoms with van der Waals surface area (Å²) in [6, 6.07) is 1.09. The van der Waals surface area contributed by atoms with Crippen LogP contribution in [0.5, 0.6) is 0 Å². The second-order valence-electron chi connectivity index (χ2n) is 11.0. The molecule has 1 unspecified atom stereocenters. The van der Waals surface area contributed by atoms with Crippen LogP contribution in [-0.4, -0.2) is 80.5 Å². The van der Waals surface area contributed by atoms with Crippen molar-refractivity contribution in [3.8, 4) is 0 Å². The molecule has 44 heavy (non-hydrogen) atoms. The van der Waals surface area contributed by atoms with Crippen LogP contribution in [0.25, 0.3) is 0 Å². The molecule has 1 atom stereocenters. The fourth-order valence-corrected chi connectivity index (χ4v) is 11.4. The van der Waals surface area contributed by atoms with E-state index in [1.165, 1.54) is 6.07 Å². The van der Waals surface area contributed by atoms with Crippen molar-refractivity contribution in [3.63, 3.8) is 0 Å². The Bertz CT molecular complexity index is 1560. The molecule has 0 aromatic carbocycles. The number of rotatable bonds is 13. The highest BCUT2D eigenvalue weighted by molar-refractivity contribution is 9.11. The Labute approximate surface area is 282 Å². The van der Waals surface area contributed by atoms with Gasteiger partial charge in [-0.1, -0.05) is 30.9 Å². The molecule has 0 saturated carbocycles. The molecule has 2 aromatic rings. The number of piperidine rings is 2. The van der Waals surface area contributed by atoms with Crippen LogP contribution >= 0.6 is 54.8 Å². The van der Waals surface area contributed by atoms with Gasteiger partial charge in [-0.2, -0.15) is 9.03 Å². The molecule has 2 fully saturated rings. The van der Waals surface area contributed by atoms with E-state index in [4.69, 9.17) is 16.7 Å². The van der Waals surface area contributed by atoms with E-state index in [0.717, 1.165) is 75.6 Å². The Hall–Kier alpha value is -1.34. The smallest absolute Gasteiger partial charge is 0.322 e. The fraction of sp³-hybridized carbons (Fsp3) is 0.577. The average molecular weight is 821 g/mol. The van der Waals surface area contributed by atoms with Gasteiger partial charge in [0.15, 0.2) is 0 Å². The zero-order valence-electron chi connectivity index (χ0n) is 23.5. The summed E-state index contributed by atoms with van der Waals surface area (Å²) in [5.74, 6) is -1.39. The minimum Gasteiger partial charge on any atom is -0.481 e. The largest absolute Gasteiger partial charge is 0.481 e. The number of anilines is 1.